The summed E-state index contributed by atoms with van der Waals surface area (Å²) in [5, 5.41) is 22.9. The normalized spacial score (nSPS) is 14.1. The van der Waals surface area contributed by atoms with Crippen LogP contribution in [0, 0.1) is 5.92 Å². The molecule has 5 rings (SSSR count). The van der Waals surface area contributed by atoms with E-state index in [9.17, 15) is 19.8 Å². The molecule has 35 heavy (non-hydrogen) atoms. The summed E-state index contributed by atoms with van der Waals surface area (Å²) in [5.74, 6) is -0.957. The van der Waals surface area contributed by atoms with Crippen molar-refractivity contribution in [1.29, 1.82) is 0 Å². The molecule has 4 aromatic rings. The Hall–Kier alpha value is -3.84. The number of hydrogen-bond acceptors (Lipinski definition) is 4. The Kier molecular flexibility index (Phi) is 6.17. The van der Waals surface area contributed by atoms with Crippen molar-refractivity contribution in [1.82, 2.24) is 14.7 Å². The Morgan fingerprint density at radius 3 is 2.49 bits per heavy atom. The number of phenolic OH excluding ortho intramolecular Hbond substituents is 1. The fourth-order valence-electron chi connectivity index (χ4n) is 4.20. The first-order valence-corrected chi connectivity index (χ1v) is 11.8. The Morgan fingerprint density at radius 1 is 1.03 bits per heavy atom. The second-order valence-electron chi connectivity index (χ2n) is 8.99. The third-order valence-corrected chi connectivity index (χ3v) is 6.54. The predicted molar refractivity (Wildman–Crippen MR) is 133 cm³/mol. The number of benzene rings is 2. The lowest BCUT2D eigenvalue weighted by Crippen LogP contribution is -2.42. The highest BCUT2D eigenvalue weighted by molar-refractivity contribution is 6.30. The Labute approximate surface area is 207 Å². The van der Waals surface area contributed by atoms with Crippen LogP contribution in [0.25, 0.3) is 16.8 Å². The van der Waals surface area contributed by atoms with Crippen molar-refractivity contribution in [2.75, 3.05) is 0 Å². The average molecular weight is 490 g/mol. The maximum atomic E-state index is 12.9. The maximum Gasteiger partial charge on any atom is 0.326 e. The van der Waals surface area contributed by atoms with E-state index in [1.165, 1.54) is 0 Å². The van der Waals surface area contributed by atoms with E-state index in [1.54, 1.807) is 34.9 Å². The molecule has 3 N–H and O–H groups in total. The average Bonchev–Trinajstić information content (AvgIpc) is 3.54. The fraction of sp³-hybridized carbons (Fsp3) is 0.222. The van der Waals surface area contributed by atoms with Crippen LogP contribution in [-0.4, -0.2) is 37.5 Å². The first-order chi connectivity index (χ1) is 16.9. The molecule has 178 valence electrons. The van der Waals surface area contributed by atoms with E-state index in [-0.39, 0.29) is 17.9 Å². The zero-order chi connectivity index (χ0) is 24.5. The number of aromatic nitrogens is 2. The third-order valence-electron chi connectivity index (χ3n) is 6.28. The fourth-order valence-corrected chi connectivity index (χ4v) is 4.33. The highest BCUT2D eigenvalue weighted by atomic mass is 35.5. The first kappa shape index (κ1) is 22.9. The van der Waals surface area contributed by atoms with E-state index in [4.69, 9.17) is 11.6 Å². The minimum Gasteiger partial charge on any atom is -0.508 e. The molecule has 1 saturated carbocycles. The second kappa shape index (κ2) is 9.43. The van der Waals surface area contributed by atoms with E-state index in [0.29, 0.717) is 16.6 Å². The van der Waals surface area contributed by atoms with E-state index < -0.39 is 17.9 Å². The van der Waals surface area contributed by atoms with Crippen LogP contribution >= 0.6 is 11.6 Å². The molecule has 0 unspecified atom stereocenters. The van der Waals surface area contributed by atoms with Gasteiger partial charge in [0.2, 0.25) is 0 Å². The molecule has 1 fully saturated rings. The molecule has 2 aromatic heterocycles. The number of nitrogens with one attached hydrogen (secondary N) is 1. The molecule has 0 aliphatic heterocycles. The number of rotatable bonds is 8. The van der Waals surface area contributed by atoms with Crippen LogP contribution in [0.5, 0.6) is 5.75 Å². The monoisotopic (exact) mass is 489 g/mol. The van der Waals surface area contributed by atoms with Gasteiger partial charge in [-0.05, 0) is 83.8 Å². The number of pyridine rings is 1. The largest absolute Gasteiger partial charge is 0.508 e. The quantitative estimate of drug-likeness (QED) is 0.331. The van der Waals surface area contributed by atoms with Crippen LogP contribution in [0.1, 0.15) is 34.5 Å². The number of nitrogens with zero attached hydrogens (tertiary/aromatic N) is 2. The van der Waals surface area contributed by atoms with E-state index in [0.717, 1.165) is 41.5 Å². The molecular weight excluding hydrogens is 466 g/mol. The number of hydrogen-bond donors (Lipinski definition) is 3. The summed E-state index contributed by atoms with van der Waals surface area (Å²) in [7, 11) is 0. The summed E-state index contributed by atoms with van der Waals surface area (Å²) in [6.07, 6.45) is 6.65. The van der Waals surface area contributed by atoms with Gasteiger partial charge in [-0.2, -0.15) is 0 Å². The second-order valence-corrected chi connectivity index (χ2v) is 9.42. The molecule has 1 aliphatic rings. The number of aromatic hydroxyl groups is 1. The predicted octanol–water partition coefficient (Wildman–Crippen LogP) is 4.74. The van der Waals surface area contributed by atoms with Gasteiger partial charge < -0.3 is 19.9 Å². The number of imidazole rings is 1. The molecule has 8 heteroatoms. The minimum absolute atomic E-state index is 0.123. The zero-order valence-electron chi connectivity index (χ0n) is 18.8. The van der Waals surface area contributed by atoms with Gasteiger partial charge in [-0.3, -0.25) is 4.79 Å². The van der Waals surface area contributed by atoms with Gasteiger partial charge in [0.25, 0.3) is 5.91 Å². The van der Waals surface area contributed by atoms with Crippen LogP contribution in [0.2, 0.25) is 5.02 Å². The van der Waals surface area contributed by atoms with Crippen LogP contribution in [0.3, 0.4) is 0 Å². The van der Waals surface area contributed by atoms with Gasteiger partial charge in [0, 0.05) is 23.8 Å². The Bertz CT molecular complexity index is 1410. The molecule has 0 bridgehead atoms. The van der Waals surface area contributed by atoms with Crippen molar-refractivity contribution in [2.45, 2.75) is 31.7 Å². The van der Waals surface area contributed by atoms with Gasteiger partial charge in [0.1, 0.15) is 23.1 Å². The number of carboxylic acids is 1. The Balaban J connectivity index is 1.35. The topological polar surface area (TPSA) is 104 Å². The highest BCUT2D eigenvalue weighted by Crippen LogP contribution is 2.34. The van der Waals surface area contributed by atoms with Crippen LogP contribution < -0.4 is 5.32 Å². The standard InChI is InChI=1S/C27H24ClN3O4/c28-21-7-3-17(4-8-21)19-6-10-25-29-24(15-31(25)14-19)26(33)30-23(27(34)35)13-18-5-9-22(32)12-20(18)11-16-1-2-16/h3-10,12,14-16,23,32H,1-2,11,13H2,(H,30,33)(H,34,35)/t23-/m0/s1. The molecule has 2 heterocycles. The van der Waals surface area contributed by atoms with Crippen molar-refractivity contribution in [3.8, 4) is 16.9 Å². The molecule has 7 nitrogen and oxygen atoms in total. The summed E-state index contributed by atoms with van der Waals surface area (Å²) in [4.78, 5) is 29.3. The maximum absolute atomic E-state index is 12.9. The molecule has 1 aliphatic carbocycles. The number of halogens is 1. The Morgan fingerprint density at radius 2 is 1.77 bits per heavy atom. The van der Waals surface area contributed by atoms with Crippen LogP contribution in [0.4, 0.5) is 0 Å². The van der Waals surface area contributed by atoms with Crippen molar-refractivity contribution in [3.05, 3.63) is 88.8 Å². The van der Waals surface area contributed by atoms with Crippen molar-refractivity contribution >= 4 is 29.1 Å². The SMILES string of the molecule is O=C(N[C@@H](Cc1ccc(O)cc1CC1CC1)C(=O)O)c1cn2cc(-c3ccc(Cl)cc3)ccc2n1. The molecular formula is C27H24ClN3O4. The molecule has 0 saturated heterocycles. The molecule has 1 amide bonds. The van der Waals surface area contributed by atoms with E-state index >= 15 is 0 Å². The van der Waals surface area contributed by atoms with Gasteiger partial charge in [0.15, 0.2) is 0 Å². The zero-order valence-corrected chi connectivity index (χ0v) is 19.6. The first-order valence-electron chi connectivity index (χ1n) is 11.4. The molecule has 2 aromatic carbocycles. The highest BCUT2D eigenvalue weighted by Gasteiger charge is 2.26. The molecule has 0 radical (unpaired) electrons. The summed E-state index contributed by atoms with van der Waals surface area (Å²) < 4.78 is 1.74. The van der Waals surface area contributed by atoms with E-state index in [1.807, 2.05) is 36.5 Å². The summed E-state index contributed by atoms with van der Waals surface area (Å²) in [6, 6.07) is 15.0. The summed E-state index contributed by atoms with van der Waals surface area (Å²) >= 11 is 5.97. The summed E-state index contributed by atoms with van der Waals surface area (Å²) in [6.45, 7) is 0. The number of carboxylic acid groups (broad SMARTS) is 1. The number of fused-ring (bicyclic) bond motifs is 1. The van der Waals surface area contributed by atoms with Crippen molar-refractivity contribution < 1.29 is 19.8 Å². The van der Waals surface area contributed by atoms with Crippen LogP contribution in [-0.2, 0) is 17.6 Å². The lowest BCUT2D eigenvalue weighted by atomic mass is 9.96. The smallest absolute Gasteiger partial charge is 0.326 e. The van der Waals surface area contributed by atoms with Gasteiger partial charge in [0.05, 0.1) is 0 Å². The van der Waals surface area contributed by atoms with Crippen molar-refractivity contribution in [3.63, 3.8) is 0 Å². The molecule has 0 spiro atoms. The number of amides is 1. The summed E-state index contributed by atoms with van der Waals surface area (Å²) in [5.41, 5.74) is 4.34. The molecule has 1 atom stereocenters. The number of aliphatic carboxylic acids is 1. The van der Waals surface area contributed by atoms with Crippen molar-refractivity contribution in [2.24, 2.45) is 5.92 Å². The number of carbonyl (C=O) groups is 2. The third kappa shape index (κ3) is 5.30. The van der Waals surface area contributed by atoms with Crippen LogP contribution in [0.15, 0.2) is 67.0 Å². The lowest BCUT2D eigenvalue weighted by Gasteiger charge is -2.16. The number of carbonyl (C=O) groups excluding carboxylic acids is 1. The lowest BCUT2D eigenvalue weighted by molar-refractivity contribution is -0.139. The minimum atomic E-state index is -1.13. The van der Waals surface area contributed by atoms with Gasteiger partial charge in [-0.1, -0.05) is 29.8 Å². The van der Waals surface area contributed by atoms with Gasteiger partial charge in [-0.25, -0.2) is 9.78 Å². The number of phenols is 1. The van der Waals surface area contributed by atoms with E-state index in [2.05, 4.69) is 10.3 Å². The van der Waals surface area contributed by atoms with Gasteiger partial charge in [-0.15, -0.1) is 0 Å². The van der Waals surface area contributed by atoms with Gasteiger partial charge >= 0.3 is 5.97 Å².